The molecule has 0 amide bonds. The van der Waals surface area contributed by atoms with Crippen molar-refractivity contribution in [3.8, 4) is 5.75 Å². The van der Waals surface area contributed by atoms with Gasteiger partial charge in [-0.1, -0.05) is 12.5 Å². The van der Waals surface area contributed by atoms with Crippen molar-refractivity contribution in [2.75, 3.05) is 39.9 Å². The Morgan fingerprint density at radius 2 is 2.07 bits per heavy atom. The van der Waals surface area contributed by atoms with E-state index in [9.17, 15) is 24.5 Å². The van der Waals surface area contributed by atoms with E-state index in [1.54, 1.807) is 12.1 Å². The van der Waals surface area contributed by atoms with Crippen LogP contribution in [0.25, 0.3) is 0 Å². The molecule has 1 aliphatic heterocycles. The molecule has 0 radical (unpaired) electrons. The first kappa shape index (κ1) is 22.8. The Labute approximate surface area is 166 Å². The summed E-state index contributed by atoms with van der Waals surface area (Å²) < 4.78 is 12.8. The van der Waals surface area contributed by atoms with E-state index in [1.807, 2.05) is 30.0 Å². The number of aromatic hydroxyl groups is 1. The molecular formula is C19H32N3O5P. The number of nitrogens with zero attached hydrogens (tertiary/aromatic N) is 2. The van der Waals surface area contributed by atoms with Crippen LogP contribution in [0.15, 0.2) is 18.2 Å². The standard InChI is InChI=1S/C19H32N3O5P/c1-21(2)13-16-11-15(5-6-17(16)23)12-22-9-10-28(26,27)19(14-22,18(24)25)7-3-4-8-20/h5-6,11,23H,3-4,7-10,12-14,20H2,1-2H3,(H,24,25)(H,26,27). The molecule has 0 aliphatic carbocycles. The van der Waals surface area contributed by atoms with Crippen LogP contribution in [-0.2, 0) is 22.4 Å². The number of hydrogen-bond acceptors (Lipinski definition) is 6. The first-order valence-electron chi connectivity index (χ1n) is 9.54. The summed E-state index contributed by atoms with van der Waals surface area (Å²) in [5, 5.41) is 18.2. The van der Waals surface area contributed by atoms with Crippen LogP contribution in [0.1, 0.15) is 30.4 Å². The van der Waals surface area contributed by atoms with Gasteiger partial charge in [-0.15, -0.1) is 0 Å². The molecule has 9 heteroatoms. The maximum atomic E-state index is 12.8. The van der Waals surface area contributed by atoms with Gasteiger partial charge < -0.3 is 25.7 Å². The number of benzene rings is 1. The summed E-state index contributed by atoms with van der Waals surface area (Å²) in [6.45, 7) is 1.88. The Balaban J connectivity index is 2.21. The second kappa shape index (κ2) is 9.37. The molecule has 0 spiro atoms. The average Bonchev–Trinajstić information content (AvgIpc) is 2.60. The Bertz CT molecular complexity index is 742. The van der Waals surface area contributed by atoms with Crippen LogP contribution >= 0.6 is 7.37 Å². The number of carbonyl (C=O) groups is 1. The highest BCUT2D eigenvalue weighted by molar-refractivity contribution is 7.61. The number of nitrogens with two attached hydrogens (primary N) is 1. The lowest BCUT2D eigenvalue weighted by Gasteiger charge is -2.43. The van der Waals surface area contributed by atoms with Gasteiger partial charge in [0.25, 0.3) is 0 Å². The molecule has 2 unspecified atom stereocenters. The molecular weight excluding hydrogens is 381 g/mol. The molecule has 1 fully saturated rings. The maximum Gasteiger partial charge on any atom is 0.320 e. The minimum Gasteiger partial charge on any atom is -0.508 e. The molecule has 158 valence electrons. The zero-order chi connectivity index (χ0) is 20.9. The Hall–Kier alpha value is -1.44. The number of carboxylic acids is 1. The summed E-state index contributed by atoms with van der Waals surface area (Å²) >= 11 is 0. The van der Waals surface area contributed by atoms with Crippen molar-refractivity contribution < 1.29 is 24.5 Å². The van der Waals surface area contributed by atoms with E-state index < -0.39 is 18.5 Å². The monoisotopic (exact) mass is 413 g/mol. The second-order valence-electron chi connectivity index (χ2n) is 7.92. The van der Waals surface area contributed by atoms with E-state index in [0.29, 0.717) is 39.0 Å². The first-order chi connectivity index (χ1) is 13.1. The minimum atomic E-state index is -3.83. The van der Waals surface area contributed by atoms with Gasteiger partial charge in [-0.05, 0) is 51.2 Å². The van der Waals surface area contributed by atoms with E-state index in [4.69, 9.17) is 5.73 Å². The van der Waals surface area contributed by atoms with E-state index >= 15 is 0 Å². The van der Waals surface area contributed by atoms with Crippen molar-refractivity contribution in [3.63, 3.8) is 0 Å². The number of unbranched alkanes of at least 4 members (excludes halogenated alkanes) is 1. The Morgan fingerprint density at radius 3 is 2.68 bits per heavy atom. The molecule has 28 heavy (non-hydrogen) atoms. The smallest absolute Gasteiger partial charge is 0.320 e. The third-order valence-electron chi connectivity index (χ3n) is 5.35. The van der Waals surface area contributed by atoms with Gasteiger partial charge in [-0.25, -0.2) is 0 Å². The molecule has 1 heterocycles. The third-order valence-corrected chi connectivity index (χ3v) is 8.05. The Kier molecular flexibility index (Phi) is 7.65. The SMILES string of the molecule is CN(C)Cc1cc(CN2CCP(=O)(O)C(CCCCN)(C(=O)O)C2)ccc1O. The number of rotatable bonds is 9. The van der Waals surface area contributed by atoms with Gasteiger partial charge in [0.2, 0.25) is 7.37 Å². The fourth-order valence-electron chi connectivity index (χ4n) is 3.79. The molecule has 1 aromatic carbocycles. The molecule has 5 N–H and O–H groups in total. The van der Waals surface area contributed by atoms with E-state index in [1.165, 1.54) is 0 Å². The average molecular weight is 413 g/mol. The van der Waals surface area contributed by atoms with Gasteiger partial charge in [0.05, 0.1) is 0 Å². The van der Waals surface area contributed by atoms with Gasteiger partial charge in [-0.2, -0.15) is 0 Å². The van der Waals surface area contributed by atoms with Crippen molar-refractivity contribution >= 4 is 13.3 Å². The van der Waals surface area contributed by atoms with Gasteiger partial charge in [-0.3, -0.25) is 14.3 Å². The number of hydrogen-bond donors (Lipinski definition) is 4. The lowest BCUT2D eigenvalue weighted by Crippen LogP contribution is -2.53. The number of carboxylic acid groups (broad SMARTS) is 1. The molecule has 1 aliphatic rings. The predicted octanol–water partition coefficient (Wildman–Crippen LogP) is 1.49. The second-order valence-corrected chi connectivity index (χ2v) is 10.6. The summed E-state index contributed by atoms with van der Waals surface area (Å²) in [4.78, 5) is 26.5. The molecule has 2 atom stereocenters. The van der Waals surface area contributed by atoms with Gasteiger partial charge in [0.15, 0.2) is 5.16 Å². The van der Waals surface area contributed by atoms with Gasteiger partial charge in [0.1, 0.15) is 5.75 Å². The number of aliphatic carboxylic acids is 1. The number of phenols is 1. The maximum absolute atomic E-state index is 12.8. The van der Waals surface area contributed by atoms with Crippen molar-refractivity contribution in [2.45, 2.75) is 37.5 Å². The van der Waals surface area contributed by atoms with Crippen molar-refractivity contribution in [3.05, 3.63) is 29.3 Å². The van der Waals surface area contributed by atoms with E-state index in [-0.39, 0.29) is 24.9 Å². The fraction of sp³-hybridized carbons (Fsp3) is 0.632. The summed E-state index contributed by atoms with van der Waals surface area (Å²) in [5.74, 6) is -0.989. The van der Waals surface area contributed by atoms with Crippen LogP contribution in [0.4, 0.5) is 0 Å². The number of phenolic OH excluding ortho intramolecular Hbond substituents is 1. The van der Waals surface area contributed by atoms with Crippen LogP contribution in [-0.4, -0.2) is 75.9 Å². The third kappa shape index (κ3) is 5.13. The lowest BCUT2D eigenvalue weighted by atomic mass is 9.99. The van der Waals surface area contributed by atoms with Gasteiger partial charge in [0, 0.05) is 37.9 Å². The summed E-state index contributed by atoms with van der Waals surface area (Å²) in [7, 11) is -0.00153. The zero-order valence-corrected chi connectivity index (χ0v) is 17.6. The first-order valence-corrected chi connectivity index (χ1v) is 11.4. The summed E-state index contributed by atoms with van der Waals surface area (Å²) in [5.41, 5.74) is 7.24. The van der Waals surface area contributed by atoms with Crippen LogP contribution < -0.4 is 5.73 Å². The van der Waals surface area contributed by atoms with Crippen molar-refractivity contribution in [1.82, 2.24) is 9.80 Å². The molecule has 0 bridgehead atoms. The van der Waals surface area contributed by atoms with Crippen molar-refractivity contribution in [2.24, 2.45) is 5.73 Å². The summed E-state index contributed by atoms with van der Waals surface area (Å²) in [6.07, 6.45) is 1.24. The molecule has 8 nitrogen and oxygen atoms in total. The van der Waals surface area contributed by atoms with Crippen molar-refractivity contribution in [1.29, 1.82) is 0 Å². The topological polar surface area (TPSA) is 127 Å². The zero-order valence-electron chi connectivity index (χ0n) is 16.7. The highest BCUT2D eigenvalue weighted by Crippen LogP contribution is 2.59. The molecule has 0 saturated carbocycles. The highest BCUT2D eigenvalue weighted by atomic mass is 31.2. The van der Waals surface area contributed by atoms with E-state index in [0.717, 1.165) is 11.1 Å². The highest BCUT2D eigenvalue weighted by Gasteiger charge is 2.56. The Morgan fingerprint density at radius 1 is 1.36 bits per heavy atom. The molecule has 1 saturated heterocycles. The van der Waals surface area contributed by atoms with E-state index in [2.05, 4.69) is 0 Å². The molecule has 0 aromatic heterocycles. The van der Waals surface area contributed by atoms with Crippen LogP contribution in [0.5, 0.6) is 5.75 Å². The predicted molar refractivity (Wildman–Crippen MR) is 109 cm³/mol. The molecule has 1 aromatic rings. The summed E-state index contributed by atoms with van der Waals surface area (Å²) in [6, 6.07) is 5.35. The largest absolute Gasteiger partial charge is 0.508 e. The lowest BCUT2D eigenvalue weighted by molar-refractivity contribution is -0.141. The van der Waals surface area contributed by atoms with Crippen LogP contribution in [0.3, 0.4) is 0 Å². The van der Waals surface area contributed by atoms with Crippen LogP contribution in [0, 0.1) is 0 Å². The fourth-order valence-corrected chi connectivity index (χ4v) is 6.00. The normalized spacial score (nSPS) is 25.9. The quantitative estimate of drug-likeness (QED) is 0.354. The van der Waals surface area contributed by atoms with Crippen LogP contribution in [0.2, 0.25) is 0 Å². The minimum absolute atomic E-state index is 0.0323. The molecule has 2 rings (SSSR count). The van der Waals surface area contributed by atoms with Gasteiger partial charge >= 0.3 is 5.97 Å².